The molecule has 0 fully saturated rings. The number of ether oxygens (including phenoxy) is 2. The molecule has 7 heteroatoms. The van der Waals surface area contributed by atoms with Gasteiger partial charge in [0.05, 0.1) is 30.5 Å². The van der Waals surface area contributed by atoms with Gasteiger partial charge in [-0.15, -0.1) is 0 Å². The number of methoxy groups -OCH3 is 2. The quantitative estimate of drug-likeness (QED) is 0.829. The van der Waals surface area contributed by atoms with Crippen molar-refractivity contribution in [2.45, 2.75) is 0 Å². The molecule has 2 aromatic rings. The van der Waals surface area contributed by atoms with Crippen LogP contribution < -0.4 is 20.5 Å². The SMILES string of the molecule is COc1ccc(N)cc1NC(=O)c1cc(Cl)cc(Cl)c1OC. The zero-order valence-electron chi connectivity index (χ0n) is 11.9. The van der Waals surface area contributed by atoms with Crippen LogP contribution in [0.25, 0.3) is 0 Å². The summed E-state index contributed by atoms with van der Waals surface area (Å²) in [6.45, 7) is 0. The number of amides is 1. The molecule has 3 N–H and O–H groups in total. The van der Waals surface area contributed by atoms with E-state index in [9.17, 15) is 4.79 Å². The maximum atomic E-state index is 12.5. The smallest absolute Gasteiger partial charge is 0.259 e. The Morgan fingerprint density at radius 2 is 1.86 bits per heavy atom. The van der Waals surface area contributed by atoms with Crippen LogP contribution in [0.2, 0.25) is 10.0 Å². The minimum Gasteiger partial charge on any atom is -0.495 e. The third-order valence-corrected chi connectivity index (χ3v) is 3.43. The first kappa shape index (κ1) is 16.3. The molecule has 0 aliphatic carbocycles. The van der Waals surface area contributed by atoms with Gasteiger partial charge >= 0.3 is 0 Å². The fraction of sp³-hybridized carbons (Fsp3) is 0.133. The predicted octanol–water partition coefficient (Wildman–Crippen LogP) is 3.85. The molecule has 0 atom stereocenters. The first-order valence-corrected chi connectivity index (χ1v) is 6.99. The molecule has 116 valence electrons. The van der Waals surface area contributed by atoms with Crippen LogP contribution in [0.4, 0.5) is 11.4 Å². The number of nitrogens with two attached hydrogens (primary N) is 1. The summed E-state index contributed by atoms with van der Waals surface area (Å²) in [5.74, 6) is 0.284. The van der Waals surface area contributed by atoms with Crippen LogP contribution in [0.5, 0.6) is 11.5 Å². The molecule has 2 rings (SSSR count). The highest BCUT2D eigenvalue weighted by molar-refractivity contribution is 6.36. The van der Waals surface area contributed by atoms with Gasteiger partial charge < -0.3 is 20.5 Å². The van der Waals surface area contributed by atoms with Crippen molar-refractivity contribution in [2.75, 3.05) is 25.3 Å². The normalized spacial score (nSPS) is 10.2. The van der Waals surface area contributed by atoms with Crippen LogP contribution in [0.15, 0.2) is 30.3 Å². The minimum absolute atomic E-state index is 0.212. The van der Waals surface area contributed by atoms with Gasteiger partial charge in [-0.3, -0.25) is 4.79 Å². The third kappa shape index (κ3) is 3.37. The zero-order chi connectivity index (χ0) is 16.3. The molecule has 1 amide bonds. The van der Waals surface area contributed by atoms with Crippen LogP contribution in [-0.4, -0.2) is 20.1 Å². The van der Waals surface area contributed by atoms with Gasteiger partial charge in [0.15, 0.2) is 0 Å². The number of nitrogen functional groups attached to an aromatic ring is 1. The number of rotatable bonds is 4. The van der Waals surface area contributed by atoms with Crippen LogP contribution >= 0.6 is 23.2 Å². The molecule has 0 unspecified atom stereocenters. The van der Waals surface area contributed by atoms with Crippen molar-refractivity contribution >= 4 is 40.5 Å². The fourth-order valence-electron chi connectivity index (χ4n) is 1.95. The lowest BCUT2D eigenvalue weighted by molar-refractivity contribution is 0.102. The molecule has 0 bridgehead atoms. The monoisotopic (exact) mass is 340 g/mol. The van der Waals surface area contributed by atoms with Gasteiger partial charge in [-0.05, 0) is 30.3 Å². The third-order valence-electron chi connectivity index (χ3n) is 2.93. The molecule has 22 heavy (non-hydrogen) atoms. The van der Waals surface area contributed by atoms with Gasteiger partial charge in [0.25, 0.3) is 5.91 Å². The maximum Gasteiger partial charge on any atom is 0.259 e. The molecular weight excluding hydrogens is 327 g/mol. The second-order valence-corrected chi connectivity index (χ2v) is 5.23. The summed E-state index contributed by atoms with van der Waals surface area (Å²) in [4.78, 5) is 12.5. The lowest BCUT2D eigenvalue weighted by atomic mass is 10.1. The standard InChI is InChI=1S/C15H14Cl2N2O3/c1-21-13-4-3-9(18)7-12(13)19-15(20)10-5-8(16)6-11(17)14(10)22-2/h3-7H,18H2,1-2H3,(H,19,20). The Labute approximate surface area is 137 Å². The first-order valence-electron chi connectivity index (χ1n) is 6.24. The number of halogens is 2. The van der Waals surface area contributed by atoms with E-state index in [4.69, 9.17) is 38.4 Å². The number of anilines is 2. The first-order chi connectivity index (χ1) is 10.5. The van der Waals surface area contributed by atoms with Crippen LogP contribution in [0.1, 0.15) is 10.4 Å². The van der Waals surface area contributed by atoms with E-state index in [0.29, 0.717) is 22.1 Å². The largest absolute Gasteiger partial charge is 0.495 e. The second-order valence-electron chi connectivity index (χ2n) is 4.38. The van der Waals surface area contributed by atoms with Gasteiger partial charge in [-0.1, -0.05) is 23.2 Å². The average molecular weight is 341 g/mol. The number of nitrogens with one attached hydrogen (secondary N) is 1. The molecule has 0 aromatic heterocycles. The second kappa shape index (κ2) is 6.77. The van der Waals surface area contributed by atoms with E-state index >= 15 is 0 Å². The highest BCUT2D eigenvalue weighted by atomic mass is 35.5. The molecule has 5 nitrogen and oxygen atoms in total. The molecule has 2 aromatic carbocycles. The van der Waals surface area contributed by atoms with Gasteiger partial charge in [-0.2, -0.15) is 0 Å². The van der Waals surface area contributed by atoms with E-state index in [1.807, 2.05) is 0 Å². The van der Waals surface area contributed by atoms with Crippen molar-refractivity contribution in [3.8, 4) is 11.5 Å². The number of hydrogen-bond acceptors (Lipinski definition) is 4. The summed E-state index contributed by atoms with van der Waals surface area (Å²) >= 11 is 12.0. The van der Waals surface area contributed by atoms with Crippen molar-refractivity contribution in [2.24, 2.45) is 0 Å². The van der Waals surface area contributed by atoms with Crippen molar-refractivity contribution in [3.05, 3.63) is 45.9 Å². The number of benzene rings is 2. The van der Waals surface area contributed by atoms with E-state index in [2.05, 4.69) is 5.32 Å². The molecule has 0 saturated carbocycles. The van der Waals surface area contributed by atoms with Gasteiger partial charge in [-0.25, -0.2) is 0 Å². The van der Waals surface area contributed by atoms with Crippen LogP contribution in [-0.2, 0) is 0 Å². The van der Waals surface area contributed by atoms with Crippen LogP contribution in [0.3, 0.4) is 0 Å². The lowest BCUT2D eigenvalue weighted by Gasteiger charge is -2.13. The minimum atomic E-state index is -0.440. The van der Waals surface area contributed by atoms with E-state index in [1.165, 1.54) is 26.4 Å². The molecule has 0 heterocycles. The fourth-order valence-corrected chi connectivity index (χ4v) is 2.52. The molecule has 0 spiro atoms. The topological polar surface area (TPSA) is 73.6 Å². The van der Waals surface area contributed by atoms with Crippen molar-refractivity contribution < 1.29 is 14.3 Å². The molecule has 0 aliphatic rings. The summed E-state index contributed by atoms with van der Waals surface area (Å²) in [5.41, 5.74) is 6.87. The Morgan fingerprint density at radius 1 is 1.14 bits per heavy atom. The van der Waals surface area contributed by atoms with Crippen molar-refractivity contribution in [1.29, 1.82) is 0 Å². The Hall–Kier alpha value is -2.11. The van der Waals surface area contributed by atoms with Gasteiger partial charge in [0.2, 0.25) is 0 Å². The average Bonchev–Trinajstić information content (AvgIpc) is 2.46. The van der Waals surface area contributed by atoms with Crippen molar-refractivity contribution in [3.63, 3.8) is 0 Å². The van der Waals surface area contributed by atoms with E-state index in [-0.39, 0.29) is 16.3 Å². The number of hydrogen-bond donors (Lipinski definition) is 2. The molecule has 0 radical (unpaired) electrons. The van der Waals surface area contributed by atoms with E-state index in [1.54, 1.807) is 18.2 Å². The number of carbonyl (C=O) groups is 1. The summed E-state index contributed by atoms with van der Waals surface area (Å²) in [5, 5.41) is 3.29. The van der Waals surface area contributed by atoms with Crippen LogP contribution in [0, 0.1) is 0 Å². The van der Waals surface area contributed by atoms with Crippen molar-refractivity contribution in [1.82, 2.24) is 0 Å². The van der Waals surface area contributed by atoms with E-state index < -0.39 is 5.91 Å². The molecule has 0 saturated heterocycles. The highest BCUT2D eigenvalue weighted by Crippen LogP contribution is 2.34. The van der Waals surface area contributed by atoms with E-state index in [0.717, 1.165) is 0 Å². The predicted molar refractivity (Wildman–Crippen MR) is 88.4 cm³/mol. The van der Waals surface area contributed by atoms with Gasteiger partial charge in [0, 0.05) is 10.7 Å². The Kier molecular flexibility index (Phi) is 5.00. The summed E-state index contributed by atoms with van der Waals surface area (Å²) in [6.07, 6.45) is 0. The lowest BCUT2D eigenvalue weighted by Crippen LogP contribution is -2.14. The Bertz CT molecular complexity index is 720. The zero-order valence-corrected chi connectivity index (χ0v) is 13.5. The number of carbonyl (C=O) groups excluding carboxylic acids is 1. The summed E-state index contributed by atoms with van der Waals surface area (Å²) < 4.78 is 10.4. The van der Waals surface area contributed by atoms with Gasteiger partial charge in [0.1, 0.15) is 11.5 Å². The summed E-state index contributed by atoms with van der Waals surface area (Å²) in [7, 11) is 2.92. The molecular formula is C15H14Cl2N2O3. The summed E-state index contributed by atoms with van der Waals surface area (Å²) in [6, 6.07) is 7.90. The molecule has 0 aliphatic heterocycles. The Morgan fingerprint density at radius 3 is 2.50 bits per heavy atom. The highest BCUT2D eigenvalue weighted by Gasteiger charge is 2.18. The maximum absolute atomic E-state index is 12.5. The Balaban J connectivity index is 2.40.